The summed E-state index contributed by atoms with van der Waals surface area (Å²) < 4.78 is 31.6. The van der Waals surface area contributed by atoms with E-state index in [1.807, 2.05) is 0 Å². The van der Waals surface area contributed by atoms with E-state index in [-0.39, 0.29) is 41.1 Å². The van der Waals surface area contributed by atoms with E-state index in [4.69, 9.17) is 17.5 Å². The Kier molecular flexibility index (Phi) is 7.11. The average molecular weight is 411 g/mol. The van der Waals surface area contributed by atoms with Gasteiger partial charge in [0.05, 0.1) is 6.10 Å². The fourth-order valence-electron chi connectivity index (χ4n) is 6.41. The molecule has 0 aromatic rings. The molecule has 6 nitrogen and oxygen atoms in total. The summed E-state index contributed by atoms with van der Waals surface area (Å²) in [6.45, 7) is 4.69. The van der Waals surface area contributed by atoms with E-state index in [9.17, 15) is 9.90 Å². The summed E-state index contributed by atoms with van der Waals surface area (Å²) in [5.41, 5.74) is 1.81. The monoisotopic (exact) mass is 410 g/mol. The van der Waals surface area contributed by atoms with Crippen molar-refractivity contribution in [3.8, 4) is 0 Å². The molecule has 27 heavy (non-hydrogen) atoms. The first-order chi connectivity index (χ1) is 11.9. The van der Waals surface area contributed by atoms with Crippen LogP contribution in [-0.2, 0) is 15.2 Å². The molecule has 3 saturated carbocycles. The summed E-state index contributed by atoms with van der Waals surface area (Å²) >= 11 is 0. The van der Waals surface area contributed by atoms with E-state index in [1.54, 1.807) is 0 Å². The van der Waals surface area contributed by atoms with Crippen LogP contribution in [0.2, 0.25) is 0 Å². The molecule has 4 rings (SSSR count). The molecule has 6 atom stereocenters. The van der Waals surface area contributed by atoms with Gasteiger partial charge in [0.15, 0.2) is 0 Å². The molecule has 3 fully saturated rings. The Hall–Kier alpha value is 0.240. The van der Waals surface area contributed by atoms with Crippen molar-refractivity contribution in [2.45, 2.75) is 71.3 Å². The van der Waals surface area contributed by atoms with Gasteiger partial charge in [-0.1, -0.05) is 25.5 Å². The van der Waals surface area contributed by atoms with Crippen LogP contribution in [0.3, 0.4) is 0 Å². The van der Waals surface area contributed by atoms with E-state index < -0.39 is 10.4 Å². The molecule has 0 amide bonds. The van der Waals surface area contributed by atoms with E-state index in [0.29, 0.717) is 23.0 Å². The van der Waals surface area contributed by atoms with E-state index in [2.05, 4.69) is 19.9 Å². The van der Waals surface area contributed by atoms with Gasteiger partial charge in [0.25, 0.3) is 0 Å². The van der Waals surface area contributed by atoms with Gasteiger partial charge in [0.1, 0.15) is 5.78 Å². The second-order valence-corrected chi connectivity index (χ2v) is 9.92. The molecule has 1 unspecified atom stereocenters. The van der Waals surface area contributed by atoms with Gasteiger partial charge in [-0.15, -0.1) is 0 Å². The van der Waals surface area contributed by atoms with E-state index >= 15 is 0 Å². The minimum absolute atomic E-state index is 0. The fourth-order valence-corrected chi connectivity index (χ4v) is 6.41. The third-order valence-electron chi connectivity index (χ3n) is 7.79. The van der Waals surface area contributed by atoms with Crippen molar-refractivity contribution >= 4 is 45.7 Å². The number of hydrogen-bond acceptors (Lipinski definition) is 4. The molecule has 4 aliphatic rings. The molecule has 0 spiro atoms. The van der Waals surface area contributed by atoms with Gasteiger partial charge in [-0.05, 0) is 68.1 Å². The number of Topliss-reactive ketones (excluding diaryl/α,β-unsaturated/α-hetero) is 1. The summed E-state index contributed by atoms with van der Waals surface area (Å²) in [5, 5.41) is 10.00. The number of carbonyl (C=O) groups excluding carboxylic acids is 1. The van der Waals surface area contributed by atoms with Crippen molar-refractivity contribution in [2.75, 3.05) is 0 Å². The van der Waals surface area contributed by atoms with Crippen LogP contribution in [0, 0.1) is 28.6 Å². The van der Waals surface area contributed by atoms with Crippen molar-refractivity contribution in [3.05, 3.63) is 11.6 Å². The zero-order chi connectivity index (χ0) is 19.3. The Bertz CT molecular complexity index is 712. The summed E-state index contributed by atoms with van der Waals surface area (Å²) in [6.07, 6.45) is 10.7. The zero-order valence-corrected chi connectivity index (χ0v) is 16.3. The summed E-state index contributed by atoms with van der Waals surface area (Å²) in [5.74, 6) is 2.60. The van der Waals surface area contributed by atoms with Crippen molar-refractivity contribution < 1.29 is 27.4 Å². The van der Waals surface area contributed by atoms with Crippen molar-refractivity contribution in [1.29, 1.82) is 0 Å². The molecule has 0 aliphatic heterocycles. The van der Waals surface area contributed by atoms with Crippen LogP contribution < -0.4 is 0 Å². The quantitative estimate of drug-likeness (QED) is 0.321. The molecular weight excluding hydrogens is 379 g/mol. The molecule has 4 aliphatic carbocycles. The molecule has 0 heterocycles. The Labute approximate surface area is 184 Å². The molecule has 150 valence electrons. The second kappa shape index (κ2) is 8.17. The first kappa shape index (κ1) is 23.5. The molecule has 0 aromatic carbocycles. The van der Waals surface area contributed by atoms with Gasteiger partial charge in [-0.25, -0.2) is 0 Å². The standard InChI is InChI=1S/C19H28O2.Na.H2O4S.H/c1-18-9-7-13(20)11-12(18)3-4-14-15-5-6-17(21)19(15,2)10-8-16(14)18;;1-5(2,3)4;/h3,13-16,20H,4-11H2,1-2H3;;(H2,1,2,3,4);/t13?,14-,15-,16-,18-,19-;;;/m0.../s1. The zero-order valence-electron chi connectivity index (χ0n) is 15.5. The first-order valence-corrected chi connectivity index (χ1v) is 11.0. The predicted octanol–water partition coefficient (Wildman–Crippen LogP) is 2.58. The normalized spacial score (nSPS) is 43.1. The van der Waals surface area contributed by atoms with Gasteiger partial charge in [0.2, 0.25) is 0 Å². The number of carbonyl (C=O) groups is 1. The number of aliphatic hydroxyl groups excluding tert-OH is 1. The number of fused-ring (bicyclic) bond motifs is 5. The predicted molar refractivity (Wildman–Crippen MR) is 104 cm³/mol. The van der Waals surface area contributed by atoms with Crippen LogP contribution in [0.25, 0.3) is 0 Å². The molecule has 0 bridgehead atoms. The van der Waals surface area contributed by atoms with Gasteiger partial charge < -0.3 is 5.11 Å². The van der Waals surface area contributed by atoms with Crippen LogP contribution in [0.15, 0.2) is 11.6 Å². The third-order valence-corrected chi connectivity index (χ3v) is 7.79. The van der Waals surface area contributed by atoms with Crippen LogP contribution in [0.5, 0.6) is 0 Å². The number of allylic oxidation sites excluding steroid dienone is 1. The van der Waals surface area contributed by atoms with Gasteiger partial charge in [-0.3, -0.25) is 13.9 Å². The van der Waals surface area contributed by atoms with Gasteiger partial charge in [0, 0.05) is 11.8 Å². The summed E-state index contributed by atoms with van der Waals surface area (Å²) in [6, 6.07) is 0. The summed E-state index contributed by atoms with van der Waals surface area (Å²) in [7, 11) is -4.67. The summed E-state index contributed by atoms with van der Waals surface area (Å²) in [4.78, 5) is 12.4. The van der Waals surface area contributed by atoms with Crippen molar-refractivity contribution in [2.24, 2.45) is 28.6 Å². The fraction of sp³-hybridized carbons (Fsp3) is 0.842. The molecule has 0 saturated heterocycles. The number of rotatable bonds is 0. The minimum atomic E-state index is -4.67. The SMILES string of the molecule is C[C@]12CCC(O)CC1=CC[C@@H]1[C@@H]2CC[C@]2(C)C(=O)CC[C@@H]12.O=S(=O)(O)O.[NaH]. The molecular formula is C19H31NaO6S. The average Bonchev–Trinajstić information content (AvgIpc) is 2.82. The van der Waals surface area contributed by atoms with Gasteiger partial charge in [-0.2, -0.15) is 8.42 Å². The Morgan fingerprint density at radius 1 is 1.04 bits per heavy atom. The number of hydrogen-bond donors (Lipinski definition) is 3. The Balaban J connectivity index is 0.000000390. The van der Waals surface area contributed by atoms with Crippen LogP contribution in [0.4, 0.5) is 0 Å². The van der Waals surface area contributed by atoms with Gasteiger partial charge >= 0.3 is 40.0 Å². The topological polar surface area (TPSA) is 112 Å². The number of ketones is 1. The molecule has 8 heteroatoms. The number of aliphatic hydroxyl groups is 1. The van der Waals surface area contributed by atoms with Crippen LogP contribution >= 0.6 is 0 Å². The molecule has 0 aromatic heterocycles. The van der Waals surface area contributed by atoms with E-state index in [0.717, 1.165) is 50.9 Å². The maximum absolute atomic E-state index is 12.4. The first-order valence-electron chi connectivity index (χ1n) is 9.56. The van der Waals surface area contributed by atoms with Crippen molar-refractivity contribution in [3.63, 3.8) is 0 Å². The molecule has 3 N–H and O–H groups in total. The Morgan fingerprint density at radius 2 is 1.59 bits per heavy atom. The molecule has 0 radical (unpaired) electrons. The second-order valence-electron chi connectivity index (χ2n) is 9.02. The van der Waals surface area contributed by atoms with Crippen LogP contribution in [-0.4, -0.2) is 64.1 Å². The van der Waals surface area contributed by atoms with Crippen LogP contribution in [0.1, 0.15) is 65.2 Å². The maximum atomic E-state index is 12.4. The van der Waals surface area contributed by atoms with Crippen molar-refractivity contribution in [1.82, 2.24) is 0 Å². The van der Waals surface area contributed by atoms with E-state index in [1.165, 1.54) is 12.0 Å². The Morgan fingerprint density at radius 3 is 2.22 bits per heavy atom. The third kappa shape index (κ3) is 4.55.